The Morgan fingerprint density at radius 3 is 3.11 bits per heavy atom. The van der Waals surface area contributed by atoms with E-state index >= 15 is 0 Å². The summed E-state index contributed by atoms with van der Waals surface area (Å²) < 4.78 is 0. The molecule has 0 saturated carbocycles. The van der Waals surface area contributed by atoms with Gasteiger partial charge in [-0.25, -0.2) is 4.98 Å². The molecule has 0 fully saturated rings. The van der Waals surface area contributed by atoms with E-state index in [0.29, 0.717) is 17.4 Å². The number of thiazole rings is 1. The molecule has 18 heavy (non-hydrogen) atoms. The summed E-state index contributed by atoms with van der Waals surface area (Å²) in [6, 6.07) is 2.21. The van der Waals surface area contributed by atoms with Gasteiger partial charge in [-0.15, -0.1) is 22.7 Å². The van der Waals surface area contributed by atoms with E-state index < -0.39 is 0 Å². The van der Waals surface area contributed by atoms with Crippen LogP contribution in [0.4, 0.5) is 5.13 Å². The van der Waals surface area contributed by atoms with Crippen LogP contribution in [0.15, 0.2) is 11.4 Å². The molecule has 6 heteroatoms. The molecule has 2 aromatic heterocycles. The maximum Gasteiger partial charge on any atom is 0.271 e. The molecule has 3 N–H and O–H groups in total. The van der Waals surface area contributed by atoms with Crippen molar-refractivity contribution in [1.29, 1.82) is 0 Å². The van der Waals surface area contributed by atoms with Crippen LogP contribution in [0.5, 0.6) is 0 Å². The van der Waals surface area contributed by atoms with Gasteiger partial charge >= 0.3 is 0 Å². The van der Waals surface area contributed by atoms with E-state index in [-0.39, 0.29) is 5.91 Å². The summed E-state index contributed by atoms with van der Waals surface area (Å²) in [6.45, 7) is 0.577. The fraction of sp³-hybridized carbons (Fsp3) is 0.333. The van der Waals surface area contributed by atoms with Crippen molar-refractivity contribution in [3.05, 3.63) is 32.5 Å². The number of thiophene rings is 1. The number of hydrogen-bond acceptors (Lipinski definition) is 5. The van der Waals surface area contributed by atoms with Gasteiger partial charge in [0.1, 0.15) is 5.69 Å². The second kappa shape index (κ2) is 4.70. The third-order valence-electron chi connectivity index (χ3n) is 2.98. The van der Waals surface area contributed by atoms with E-state index in [9.17, 15) is 4.79 Å². The Hall–Kier alpha value is -1.40. The third kappa shape index (κ3) is 2.26. The second-order valence-corrected chi connectivity index (χ2v) is 6.38. The first-order valence-corrected chi connectivity index (χ1v) is 7.51. The van der Waals surface area contributed by atoms with Crippen LogP contribution < -0.4 is 11.1 Å². The van der Waals surface area contributed by atoms with Crippen LogP contribution in [0, 0.1) is 0 Å². The smallest absolute Gasteiger partial charge is 0.271 e. The SMILES string of the molecule is Nc1nc(C(=O)NCc2cc3c(s2)CCC3)cs1. The highest BCUT2D eigenvalue weighted by Crippen LogP contribution is 2.30. The van der Waals surface area contributed by atoms with E-state index in [1.165, 1.54) is 45.9 Å². The normalized spacial score (nSPS) is 13.6. The number of nitrogens with two attached hydrogens (primary N) is 1. The molecule has 0 spiro atoms. The summed E-state index contributed by atoms with van der Waals surface area (Å²) in [5, 5.41) is 4.98. The Balaban J connectivity index is 1.62. The minimum absolute atomic E-state index is 0.156. The van der Waals surface area contributed by atoms with E-state index in [0.717, 1.165) is 0 Å². The molecular formula is C12H13N3OS2. The quantitative estimate of drug-likeness (QED) is 0.905. The van der Waals surface area contributed by atoms with Gasteiger partial charge in [0.15, 0.2) is 5.13 Å². The number of carbonyl (C=O) groups is 1. The molecule has 0 atom stereocenters. The van der Waals surface area contributed by atoms with Crippen LogP contribution in [0.1, 0.15) is 32.2 Å². The molecule has 0 saturated heterocycles. The maximum atomic E-state index is 11.8. The molecule has 94 valence electrons. The molecule has 0 aliphatic heterocycles. The highest BCUT2D eigenvalue weighted by Gasteiger charge is 2.15. The molecule has 3 rings (SSSR count). The average Bonchev–Trinajstić information content (AvgIpc) is 3.00. The van der Waals surface area contributed by atoms with Gasteiger partial charge in [-0.05, 0) is 30.9 Å². The summed E-state index contributed by atoms with van der Waals surface area (Å²) >= 11 is 3.09. The van der Waals surface area contributed by atoms with Gasteiger partial charge in [-0.2, -0.15) is 0 Å². The second-order valence-electron chi connectivity index (χ2n) is 4.27. The lowest BCUT2D eigenvalue weighted by molar-refractivity contribution is 0.0947. The number of nitrogens with zero attached hydrogens (tertiary/aromatic N) is 1. The lowest BCUT2D eigenvalue weighted by Crippen LogP contribution is -2.22. The number of anilines is 1. The van der Waals surface area contributed by atoms with Crippen molar-refractivity contribution in [2.75, 3.05) is 5.73 Å². The minimum Gasteiger partial charge on any atom is -0.375 e. The number of nitrogens with one attached hydrogen (secondary N) is 1. The number of amides is 1. The van der Waals surface area contributed by atoms with Gasteiger partial charge in [-0.1, -0.05) is 0 Å². The molecule has 1 aliphatic carbocycles. The summed E-state index contributed by atoms with van der Waals surface area (Å²) in [7, 11) is 0. The van der Waals surface area contributed by atoms with Crippen LogP contribution in [0.3, 0.4) is 0 Å². The van der Waals surface area contributed by atoms with Crippen LogP contribution in [-0.4, -0.2) is 10.9 Å². The van der Waals surface area contributed by atoms with Gasteiger partial charge in [0.05, 0.1) is 6.54 Å². The first-order valence-electron chi connectivity index (χ1n) is 5.82. The monoisotopic (exact) mass is 279 g/mol. The Morgan fingerprint density at radius 1 is 1.50 bits per heavy atom. The van der Waals surface area contributed by atoms with Crippen molar-refractivity contribution in [3.63, 3.8) is 0 Å². The molecule has 0 aromatic carbocycles. The van der Waals surface area contributed by atoms with Crippen LogP contribution in [0.25, 0.3) is 0 Å². The highest BCUT2D eigenvalue weighted by atomic mass is 32.1. The predicted molar refractivity (Wildman–Crippen MR) is 74.0 cm³/mol. The largest absolute Gasteiger partial charge is 0.375 e. The number of fused-ring (bicyclic) bond motifs is 1. The molecule has 2 heterocycles. The number of aryl methyl sites for hydroxylation is 2. The first-order chi connectivity index (χ1) is 8.72. The van der Waals surface area contributed by atoms with E-state index in [1.54, 1.807) is 5.38 Å². The lowest BCUT2D eigenvalue weighted by Gasteiger charge is -2.00. The summed E-state index contributed by atoms with van der Waals surface area (Å²) in [5.74, 6) is -0.156. The maximum absolute atomic E-state index is 11.8. The van der Waals surface area contributed by atoms with Crippen molar-refractivity contribution in [2.45, 2.75) is 25.8 Å². The fourth-order valence-corrected chi connectivity index (χ4v) is 3.87. The molecule has 4 nitrogen and oxygen atoms in total. The van der Waals surface area contributed by atoms with Crippen molar-refractivity contribution < 1.29 is 4.79 Å². The number of nitrogen functional groups attached to an aromatic ring is 1. The standard InChI is InChI=1S/C12H13N3OS2/c13-12-15-9(6-17-12)11(16)14-5-8-4-7-2-1-3-10(7)18-8/h4,6H,1-3,5H2,(H2,13,15)(H,14,16). The summed E-state index contributed by atoms with van der Waals surface area (Å²) in [5.41, 5.74) is 7.37. The van der Waals surface area contributed by atoms with Crippen molar-refractivity contribution in [3.8, 4) is 0 Å². The van der Waals surface area contributed by atoms with Crippen LogP contribution >= 0.6 is 22.7 Å². The van der Waals surface area contributed by atoms with E-state index in [4.69, 9.17) is 5.73 Å². The summed E-state index contributed by atoms with van der Waals surface area (Å²) in [4.78, 5) is 18.5. The third-order valence-corrected chi connectivity index (χ3v) is 4.89. The average molecular weight is 279 g/mol. The van der Waals surface area contributed by atoms with E-state index in [1.807, 2.05) is 11.3 Å². The zero-order valence-electron chi connectivity index (χ0n) is 9.73. The molecule has 2 aromatic rings. The van der Waals surface area contributed by atoms with Gasteiger partial charge in [0.25, 0.3) is 5.91 Å². The number of hydrogen-bond donors (Lipinski definition) is 2. The molecule has 1 amide bonds. The van der Waals surface area contributed by atoms with Crippen molar-refractivity contribution >= 4 is 33.7 Å². The van der Waals surface area contributed by atoms with Crippen molar-refractivity contribution in [2.24, 2.45) is 0 Å². The molecule has 1 aliphatic rings. The van der Waals surface area contributed by atoms with Crippen LogP contribution in [-0.2, 0) is 19.4 Å². The topological polar surface area (TPSA) is 68.0 Å². The summed E-state index contributed by atoms with van der Waals surface area (Å²) in [6.07, 6.45) is 3.64. The molecule has 0 unspecified atom stereocenters. The zero-order chi connectivity index (χ0) is 12.5. The number of aromatic nitrogens is 1. The Labute approximate surface area is 113 Å². The molecular weight excluding hydrogens is 266 g/mol. The number of rotatable bonds is 3. The predicted octanol–water partition coefficient (Wildman–Crippen LogP) is 2.21. The highest BCUT2D eigenvalue weighted by molar-refractivity contribution is 7.13. The van der Waals surface area contributed by atoms with Crippen LogP contribution in [0.2, 0.25) is 0 Å². The Bertz CT molecular complexity index is 566. The van der Waals surface area contributed by atoms with Gasteiger partial charge in [0, 0.05) is 15.1 Å². The molecule has 0 radical (unpaired) electrons. The van der Waals surface area contributed by atoms with E-state index in [2.05, 4.69) is 16.4 Å². The fourth-order valence-electron chi connectivity index (χ4n) is 2.13. The first kappa shape index (κ1) is 11.7. The van der Waals surface area contributed by atoms with Gasteiger partial charge < -0.3 is 11.1 Å². The van der Waals surface area contributed by atoms with Gasteiger partial charge in [0.2, 0.25) is 0 Å². The van der Waals surface area contributed by atoms with Crippen molar-refractivity contribution in [1.82, 2.24) is 10.3 Å². The minimum atomic E-state index is -0.156. The lowest BCUT2D eigenvalue weighted by atomic mass is 10.2. The Kier molecular flexibility index (Phi) is 3.05. The van der Waals surface area contributed by atoms with Gasteiger partial charge in [-0.3, -0.25) is 4.79 Å². The zero-order valence-corrected chi connectivity index (χ0v) is 11.4. The number of carbonyl (C=O) groups excluding carboxylic acids is 1. The Morgan fingerprint density at radius 2 is 2.39 bits per heavy atom. The molecule has 0 bridgehead atoms.